The van der Waals surface area contributed by atoms with Crippen LogP contribution in [-0.2, 0) is 34.0 Å². The van der Waals surface area contributed by atoms with E-state index in [-0.39, 0.29) is 70.3 Å². The van der Waals surface area contributed by atoms with Crippen LogP contribution in [0.5, 0.6) is 5.75 Å². The number of amides is 2. The van der Waals surface area contributed by atoms with Gasteiger partial charge < -0.3 is 24.7 Å². The number of likely N-dealkylation sites (tertiary alicyclic amines) is 2. The zero-order valence-corrected chi connectivity index (χ0v) is 28.4. The summed E-state index contributed by atoms with van der Waals surface area (Å²) in [6.45, 7) is 1.62. The minimum atomic E-state index is -4.92. The number of hydrogen-bond acceptors (Lipinski definition) is 7. The first kappa shape index (κ1) is 38.1. The van der Waals surface area contributed by atoms with Gasteiger partial charge in [0, 0.05) is 50.1 Å². The van der Waals surface area contributed by atoms with Crippen molar-refractivity contribution in [2.45, 2.75) is 87.9 Å². The fourth-order valence-electron chi connectivity index (χ4n) is 7.13. The third kappa shape index (κ3) is 8.01. The molecule has 0 aliphatic carbocycles. The second-order valence-electron chi connectivity index (χ2n) is 12.8. The van der Waals surface area contributed by atoms with Crippen molar-refractivity contribution in [1.29, 1.82) is 0 Å². The predicted molar refractivity (Wildman–Crippen MR) is 173 cm³/mol. The maximum absolute atomic E-state index is 14.8. The zero-order valence-electron chi connectivity index (χ0n) is 27.6. The van der Waals surface area contributed by atoms with Gasteiger partial charge in [-0.15, -0.1) is 11.3 Å². The lowest BCUT2D eigenvalue weighted by Crippen LogP contribution is -2.68. The molecular formula is C35H37F6N3O6S. The van der Waals surface area contributed by atoms with E-state index in [2.05, 4.69) is 4.98 Å². The summed E-state index contributed by atoms with van der Waals surface area (Å²) >= 11 is 0.358. The Kier molecular flexibility index (Phi) is 11.1. The van der Waals surface area contributed by atoms with Crippen molar-refractivity contribution in [2.24, 2.45) is 0 Å². The molecule has 1 aromatic carbocycles. The standard InChI is InChI=1S/C35H37F6N3O6S/c1-2-7-26-33(50-23-20-27(51-21-23)35(39,40)41,13-6-17-44(26)30(47)29-25(34(36,37)38)10-5-16-42-29)31(48)43-18-14-32(49,15-19-43)24-9-4-3-8-22(24)11-12-28(45)46/h3-5,8-10,16,20-21,26,49H,2,6-7,11-15,17-19H2,1H3,(H,45,46)/t26-,33+/m1/s1. The van der Waals surface area contributed by atoms with Crippen LogP contribution in [0.15, 0.2) is 54.0 Å². The Morgan fingerprint density at radius 3 is 2.33 bits per heavy atom. The Bertz CT molecular complexity index is 1740. The number of carbonyl (C=O) groups excluding carboxylic acids is 2. The number of halogens is 6. The van der Waals surface area contributed by atoms with E-state index in [0.29, 0.717) is 28.9 Å². The van der Waals surface area contributed by atoms with E-state index in [1.165, 1.54) is 4.90 Å². The molecule has 2 amide bonds. The molecular weight excluding hydrogens is 704 g/mol. The number of aliphatic hydroxyl groups is 1. The summed E-state index contributed by atoms with van der Waals surface area (Å²) in [4.78, 5) is 45.3. The van der Waals surface area contributed by atoms with E-state index >= 15 is 0 Å². The molecule has 51 heavy (non-hydrogen) atoms. The highest BCUT2D eigenvalue weighted by Crippen LogP contribution is 2.44. The van der Waals surface area contributed by atoms with Gasteiger partial charge in [-0.3, -0.25) is 19.4 Å². The van der Waals surface area contributed by atoms with Gasteiger partial charge in [-0.2, -0.15) is 26.3 Å². The van der Waals surface area contributed by atoms with Gasteiger partial charge in [-0.1, -0.05) is 37.6 Å². The number of carboxylic acids is 1. The Hall–Kier alpha value is -4.18. The van der Waals surface area contributed by atoms with Gasteiger partial charge in [0.1, 0.15) is 16.3 Å². The summed E-state index contributed by atoms with van der Waals surface area (Å²) in [6, 6.07) is 8.20. The van der Waals surface area contributed by atoms with Crippen molar-refractivity contribution in [3.8, 4) is 5.75 Å². The monoisotopic (exact) mass is 741 g/mol. The molecule has 2 N–H and O–H groups in total. The molecule has 2 saturated heterocycles. The van der Waals surface area contributed by atoms with Gasteiger partial charge in [0.25, 0.3) is 11.8 Å². The van der Waals surface area contributed by atoms with Gasteiger partial charge in [-0.25, -0.2) is 0 Å². The number of nitrogens with zero attached hydrogens (tertiary/aromatic N) is 3. The largest absolute Gasteiger partial charge is 0.481 e. The lowest BCUT2D eigenvalue weighted by atomic mass is 9.78. The maximum atomic E-state index is 14.8. The molecule has 9 nitrogen and oxygen atoms in total. The van der Waals surface area contributed by atoms with E-state index in [0.717, 1.165) is 34.7 Å². The summed E-state index contributed by atoms with van der Waals surface area (Å²) < 4.78 is 89.1. The molecule has 2 aliphatic rings. The first-order chi connectivity index (χ1) is 24.0. The normalized spacial score (nSPS) is 21.0. The van der Waals surface area contributed by atoms with Gasteiger partial charge in [-0.05, 0) is 55.4 Å². The van der Waals surface area contributed by atoms with E-state index < -0.39 is 63.5 Å². The number of alkyl halides is 6. The maximum Gasteiger partial charge on any atom is 0.425 e. The number of carboxylic acid groups (broad SMARTS) is 1. The lowest BCUT2D eigenvalue weighted by Gasteiger charge is -2.51. The molecule has 2 aliphatic heterocycles. The van der Waals surface area contributed by atoms with Crippen LogP contribution in [0.2, 0.25) is 0 Å². The summed E-state index contributed by atoms with van der Waals surface area (Å²) in [5, 5.41) is 22.1. The number of thiophene rings is 1. The number of pyridine rings is 1. The van der Waals surface area contributed by atoms with Crippen molar-refractivity contribution in [3.05, 3.63) is 81.3 Å². The second kappa shape index (κ2) is 14.8. The van der Waals surface area contributed by atoms with Crippen molar-refractivity contribution in [1.82, 2.24) is 14.8 Å². The van der Waals surface area contributed by atoms with Crippen molar-refractivity contribution in [3.63, 3.8) is 0 Å². The second-order valence-corrected chi connectivity index (χ2v) is 13.7. The molecule has 0 spiro atoms. The molecule has 2 atom stereocenters. The fraction of sp³-hybridized carbons (Fsp3) is 0.486. The average Bonchev–Trinajstić information content (AvgIpc) is 3.57. The first-order valence-electron chi connectivity index (χ1n) is 16.5. The Labute approximate surface area is 293 Å². The van der Waals surface area contributed by atoms with Crippen LogP contribution in [0.1, 0.15) is 83.9 Å². The number of aliphatic carboxylic acids is 1. The molecule has 16 heteroatoms. The molecule has 0 unspecified atom stereocenters. The van der Waals surface area contributed by atoms with E-state index in [9.17, 15) is 50.9 Å². The number of ether oxygens (including phenoxy) is 1. The molecule has 0 saturated carbocycles. The molecule has 0 bridgehead atoms. The van der Waals surface area contributed by atoms with Gasteiger partial charge in [0.2, 0.25) is 5.60 Å². The summed E-state index contributed by atoms with van der Waals surface area (Å²) in [5.41, 5.74) is -4.39. The number of benzene rings is 1. The smallest absolute Gasteiger partial charge is 0.425 e. The quantitative estimate of drug-likeness (QED) is 0.216. The average molecular weight is 742 g/mol. The van der Waals surface area contributed by atoms with Crippen molar-refractivity contribution >= 4 is 29.1 Å². The van der Waals surface area contributed by atoms with Crippen molar-refractivity contribution < 1.29 is 55.7 Å². The minimum Gasteiger partial charge on any atom is -0.481 e. The molecule has 3 aromatic rings. The fourth-order valence-corrected chi connectivity index (χ4v) is 7.80. The van der Waals surface area contributed by atoms with Crippen LogP contribution in [0.4, 0.5) is 26.3 Å². The van der Waals surface area contributed by atoms with Crippen molar-refractivity contribution in [2.75, 3.05) is 19.6 Å². The highest BCUT2D eigenvalue weighted by Gasteiger charge is 2.56. The van der Waals surface area contributed by atoms with Gasteiger partial charge >= 0.3 is 18.3 Å². The molecule has 4 heterocycles. The van der Waals surface area contributed by atoms with Crippen LogP contribution in [-0.4, -0.2) is 74.1 Å². The molecule has 0 radical (unpaired) electrons. The van der Waals surface area contributed by atoms with E-state index in [1.54, 1.807) is 31.2 Å². The van der Waals surface area contributed by atoms with Crippen LogP contribution >= 0.6 is 11.3 Å². The first-order valence-corrected chi connectivity index (χ1v) is 17.4. The van der Waals surface area contributed by atoms with Crippen LogP contribution in [0.3, 0.4) is 0 Å². The SMILES string of the molecule is CCC[C@H]1N(C(=O)c2ncccc2C(F)(F)F)CCC[C@@]1(Oc1csc(C(F)(F)F)c1)C(=O)N1CCC(O)(c2ccccc2CCC(=O)O)CC1. The topological polar surface area (TPSA) is 120 Å². The van der Waals surface area contributed by atoms with E-state index in [1.807, 2.05) is 0 Å². The minimum absolute atomic E-state index is 0.0273. The summed E-state index contributed by atoms with van der Waals surface area (Å²) in [7, 11) is 0. The van der Waals surface area contributed by atoms with Gasteiger partial charge in [0.05, 0.1) is 17.2 Å². The molecule has 276 valence electrons. The number of aryl methyl sites for hydroxylation is 1. The number of hydrogen-bond donors (Lipinski definition) is 2. The van der Waals surface area contributed by atoms with Crippen LogP contribution < -0.4 is 4.74 Å². The number of aromatic nitrogens is 1. The summed E-state index contributed by atoms with van der Waals surface area (Å²) in [6.07, 6.45) is -8.07. The number of rotatable bonds is 10. The highest BCUT2D eigenvalue weighted by atomic mass is 32.1. The third-order valence-electron chi connectivity index (χ3n) is 9.52. The molecule has 5 rings (SSSR count). The molecule has 2 aromatic heterocycles. The Morgan fingerprint density at radius 1 is 1.00 bits per heavy atom. The predicted octanol–water partition coefficient (Wildman–Crippen LogP) is 6.93. The number of piperidine rings is 2. The zero-order chi connectivity index (χ0) is 37.2. The van der Waals surface area contributed by atoms with Crippen LogP contribution in [0.25, 0.3) is 0 Å². The van der Waals surface area contributed by atoms with E-state index in [4.69, 9.17) is 4.74 Å². The lowest BCUT2D eigenvalue weighted by molar-refractivity contribution is -0.163. The Balaban J connectivity index is 1.51. The molecule has 2 fully saturated rings. The third-order valence-corrected chi connectivity index (χ3v) is 10.5. The van der Waals surface area contributed by atoms with Crippen LogP contribution in [0, 0.1) is 0 Å². The summed E-state index contributed by atoms with van der Waals surface area (Å²) in [5.74, 6) is -3.04. The number of carbonyl (C=O) groups is 3. The highest BCUT2D eigenvalue weighted by molar-refractivity contribution is 7.10. The van der Waals surface area contributed by atoms with Gasteiger partial charge in [0.15, 0.2) is 0 Å². The Morgan fingerprint density at radius 2 is 1.71 bits per heavy atom.